The number of hydrogen-bond donors (Lipinski definition) is 1. The molecule has 5 nitrogen and oxygen atoms in total. The van der Waals surface area contributed by atoms with Crippen LogP contribution in [0.2, 0.25) is 0 Å². The van der Waals surface area contributed by atoms with E-state index in [9.17, 15) is 4.79 Å². The van der Waals surface area contributed by atoms with E-state index < -0.39 is 0 Å². The summed E-state index contributed by atoms with van der Waals surface area (Å²) in [6.45, 7) is 7.45. The third kappa shape index (κ3) is 3.19. The largest absolute Gasteiger partial charge is 0.349 e. The number of rotatable bonds is 4. The number of carbonyl (C=O) groups excluding carboxylic acids is 1. The summed E-state index contributed by atoms with van der Waals surface area (Å²) in [5, 5.41) is 7.72. The molecule has 0 unspecified atom stereocenters. The number of carbonyl (C=O) groups is 1. The number of aromatic nitrogens is 2. The minimum atomic E-state index is -0.0642. The van der Waals surface area contributed by atoms with Crippen molar-refractivity contribution >= 4 is 5.91 Å². The highest BCUT2D eigenvalue weighted by Gasteiger charge is 2.43. The van der Waals surface area contributed by atoms with E-state index in [4.69, 9.17) is 0 Å². The molecule has 5 heteroatoms. The number of amides is 1. The van der Waals surface area contributed by atoms with Gasteiger partial charge in [-0.2, -0.15) is 5.10 Å². The summed E-state index contributed by atoms with van der Waals surface area (Å²) >= 11 is 0. The molecule has 2 aliphatic heterocycles. The zero-order chi connectivity index (χ0) is 15.6. The summed E-state index contributed by atoms with van der Waals surface area (Å²) in [6, 6.07) is 0.447. The Labute approximate surface area is 133 Å². The second-order valence-electron chi connectivity index (χ2n) is 7.06. The highest BCUT2D eigenvalue weighted by Crippen LogP contribution is 2.33. The van der Waals surface area contributed by atoms with Gasteiger partial charge in [-0.25, -0.2) is 0 Å². The van der Waals surface area contributed by atoms with Gasteiger partial charge in [-0.1, -0.05) is 6.92 Å². The van der Waals surface area contributed by atoms with Crippen LogP contribution < -0.4 is 5.32 Å². The first-order valence-corrected chi connectivity index (χ1v) is 8.67. The highest BCUT2D eigenvalue weighted by molar-refractivity contribution is 5.78. The molecular formula is C17H28N4O. The first-order chi connectivity index (χ1) is 10.6. The van der Waals surface area contributed by atoms with Crippen LogP contribution in [0, 0.1) is 0 Å². The summed E-state index contributed by atoms with van der Waals surface area (Å²) in [6.07, 6.45) is 10.4. The van der Waals surface area contributed by atoms with Crippen LogP contribution in [0.4, 0.5) is 0 Å². The molecule has 1 aromatic heterocycles. The molecule has 22 heavy (non-hydrogen) atoms. The molecule has 0 aliphatic carbocycles. The van der Waals surface area contributed by atoms with Crippen LogP contribution >= 0.6 is 0 Å². The van der Waals surface area contributed by atoms with Crippen molar-refractivity contribution < 1.29 is 4.79 Å². The van der Waals surface area contributed by atoms with Crippen LogP contribution in [0.3, 0.4) is 0 Å². The van der Waals surface area contributed by atoms with E-state index in [1.807, 2.05) is 10.9 Å². The average Bonchev–Trinajstić information content (AvgIpc) is 2.83. The normalized spacial score (nSPS) is 29.7. The minimum Gasteiger partial charge on any atom is -0.349 e. The van der Waals surface area contributed by atoms with Gasteiger partial charge < -0.3 is 5.32 Å². The van der Waals surface area contributed by atoms with Crippen molar-refractivity contribution in [3.63, 3.8) is 0 Å². The van der Waals surface area contributed by atoms with Gasteiger partial charge >= 0.3 is 0 Å². The molecule has 2 aliphatic rings. The van der Waals surface area contributed by atoms with Crippen LogP contribution in [-0.2, 0) is 17.9 Å². The second-order valence-corrected chi connectivity index (χ2v) is 7.06. The highest BCUT2D eigenvalue weighted by atomic mass is 16.1. The second kappa shape index (κ2) is 6.41. The van der Waals surface area contributed by atoms with E-state index in [0.717, 1.165) is 38.9 Å². The zero-order valence-corrected chi connectivity index (χ0v) is 13.8. The van der Waals surface area contributed by atoms with Crippen molar-refractivity contribution in [2.45, 2.75) is 77.0 Å². The summed E-state index contributed by atoms with van der Waals surface area (Å²) in [5.74, 6) is 0.219. The number of piperidine rings is 1. The third-order valence-corrected chi connectivity index (χ3v) is 5.16. The van der Waals surface area contributed by atoms with Gasteiger partial charge in [0.1, 0.15) is 0 Å². The van der Waals surface area contributed by atoms with E-state index >= 15 is 0 Å². The topological polar surface area (TPSA) is 50.2 Å². The maximum Gasteiger partial charge on any atom is 0.220 e. The smallest absolute Gasteiger partial charge is 0.220 e. The van der Waals surface area contributed by atoms with Crippen LogP contribution in [0.1, 0.15) is 57.9 Å². The predicted octanol–water partition coefficient (Wildman–Crippen LogP) is 2.32. The number of nitrogens with zero attached hydrogens (tertiary/aromatic N) is 3. The summed E-state index contributed by atoms with van der Waals surface area (Å²) < 4.78 is 2.04. The minimum absolute atomic E-state index is 0.0642. The number of nitrogens with one attached hydrogen (secondary N) is 1. The molecular weight excluding hydrogens is 276 g/mol. The van der Waals surface area contributed by atoms with Gasteiger partial charge in [0.05, 0.1) is 11.7 Å². The van der Waals surface area contributed by atoms with Gasteiger partial charge in [0.2, 0.25) is 5.91 Å². The molecule has 2 atom stereocenters. The third-order valence-electron chi connectivity index (χ3n) is 5.16. The van der Waals surface area contributed by atoms with Gasteiger partial charge in [0.25, 0.3) is 0 Å². The summed E-state index contributed by atoms with van der Waals surface area (Å²) in [5.41, 5.74) is 1.22. The average molecular weight is 304 g/mol. The number of likely N-dealkylation sites (tertiary alicyclic amines) is 1. The lowest BCUT2D eigenvalue weighted by Crippen LogP contribution is -2.62. The van der Waals surface area contributed by atoms with Gasteiger partial charge in [0.15, 0.2) is 0 Å². The standard InChI is InChI=1S/C17H28N4O/c1-3-9-21-13-14(11-18-21)12-20-10-5-4-8-17(2)15(20)6-7-16(22)19-17/h11,13,15H,3-10,12H2,1-2H3,(H,19,22)/t15-,17-/m0/s1. The number of fused-ring (bicyclic) bond motifs is 1. The molecule has 1 N–H and O–H groups in total. The van der Waals surface area contributed by atoms with Crippen molar-refractivity contribution in [1.29, 1.82) is 0 Å². The molecule has 0 spiro atoms. The molecule has 3 rings (SSSR count). The Balaban J connectivity index is 1.74. The van der Waals surface area contributed by atoms with Crippen molar-refractivity contribution in [2.24, 2.45) is 0 Å². The fraction of sp³-hybridized carbons (Fsp3) is 0.765. The quantitative estimate of drug-likeness (QED) is 0.929. The van der Waals surface area contributed by atoms with Gasteiger partial charge in [0, 0.05) is 37.3 Å². The Morgan fingerprint density at radius 3 is 3.14 bits per heavy atom. The monoisotopic (exact) mass is 304 g/mol. The summed E-state index contributed by atoms with van der Waals surface area (Å²) in [7, 11) is 0. The van der Waals surface area contributed by atoms with Crippen LogP contribution in [0.25, 0.3) is 0 Å². The Hall–Kier alpha value is -1.36. The maximum absolute atomic E-state index is 11.8. The van der Waals surface area contributed by atoms with E-state index in [0.29, 0.717) is 12.5 Å². The molecule has 0 radical (unpaired) electrons. The lowest BCUT2D eigenvalue weighted by atomic mass is 9.81. The van der Waals surface area contributed by atoms with Gasteiger partial charge in [-0.05, 0) is 45.6 Å². The lowest BCUT2D eigenvalue weighted by Gasteiger charge is -2.46. The van der Waals surface area contributed by atoms with Gasteiger partial charge in [-0.3, -0.25) is 14.4 Å². The molecule has 1 aromatic rings. The molecule has 122 valence electrons. The molecule has 3 heterocycles. The van der Waals surface area contributed by atoms with Crippen molar-refractivity contribution in [3.8, 4) is 0 Å². The van der Waals surface area contributed by atoms with Crippen molar-refractivity contribution in [2.75, 3.05) is 6.54 Å². The lowest BCUT2D eigenvalue weighted by molar-refractivity contribution is -0.127. The molecule has 1 amide bonds. The van der Waals surface area contributed by atoms with Crippen LogP contribution in [0.5, 0.6) is 0 Å². The maximum atomic E-state index is 11.8. The first-order valence-electron chi connectivity index (χ1n) is 8.67. The Bertz CT molecular complexity index is 526. The van der Waals surface area contributed by atoms with Crippen molar-refractivity contribution in [3.05, 3.63) is 18.0 Å². The predicted molar refractivity (Wildman–Crippen MR) is 86.3 cm³/mol. The van der Waals surface area contributed by atoms with Gasteiger partial charge in [-0.15, -0.1) is 0 Å². The first kappa shape index (κ1) is 15.5. The molecule has 0 aromatic carbocycles. The fourth-order valence-electron chi connectivity index (χ4n) is 4.09. The zero-order valence-electron chi connectivity index (χ0n) is 13.8. The molecule has 0 saturated carbocycles. The fourth-order valence-corrected chi connectivity index (χ4v) is 4.09. The Morgan fingerprint density at radius 2 is 2.32 bits per heavy atom. The summed E-state index contributed by atoms with van der Waals surface area (Å²) in [4.78, 5) is 14.4. The Kier molecular flexibility index (Phi) is 4.52. The number of hydrogen-bond acceptors (Lipinski definition) is 3. The van der Waals surface area contributed by atoms with E-state index in [2.05, 4.69) is 35.4 Å². The number of aryl methyl sites for hydroxylation is 1. The van der Waals surface area contributed by atoms with E-state index in [-0.39, 0.29) is 11.4 Å². The molecule has 2 fully saturated rings. The van der Waals surface area contributed by atoms with E-state index in [1.165, 1.54) is 18.4 Å². The van der Waals surface area contributed by atoms with E-state index in [1.54, 1.807) is 0 Å². The van der Waals surface area contributed by atoms with Crippen molar-refractivity contribution in [1.82, 2.24) is 20.0 Å². The molecule has 0 bridgehead atoms. The van der Waals surface area contributed by atoms with Crippen LogP contribution in [-0.4, -0.2) is 38.7 Å². The van der Waals surface area contributed by atoms with Crippen LogP contribution in [0.15, 0.2) is 12.4 Å². The molecule has 2 saturated heterocycles. The Morgan fingerprint density at radius 1 is 1.45 bits per heavy atom. The SMILES string of the molecule is CCCn1cc(CN2CCCC[C@]3(C)NC(=O)CC[C@H]23)cn1.